The molecule has 10 nitrogen and oxygen atoms in total. The lowest BCUT2D eigenvalue weighted by molar-refractivity contribution is 0.318. The minimum atomic E-state index is -0.491. The second-order valence-corrected chi connectivity index (χ2v) is 8.09. The highest BCUT2D eigenvalue weighted by atomic mass is 16.5. The van der Waals surface area contributed by atoms with Gasteiger partial charge in [-0.1, -0.05) is 51.1 Å². The van der Waals surface area contributed by atoms with E-state index in [1.165, 1.54) is 4.52 Å². The Kier molecular flexibility index (Phi) is 5.32. The number of nitrogens with zero attached hydrogens (tertiary/aromatic N) is 6. The molecule has 0 saturated heterocycles. The first-order valence-electron chi connectivity index (χ1n) is 10.1. The van der Waals surface area contributed by atoms with Crippen molar-refractivity contribution in [3.8, 4) is 23.2 Å². The summed E-state index contributed by atoms with van der Waals surface area (Å²) in [5.74, 6) is 0.257. The van der Waals surface area contributed by atoms with Gasteiger partial charge in [-0.15, -0.1) is 10.2 Å². The van der Waals surface area contributed by atoms with Crippen LogP contribution in [0.15, 0.2) is 51.4 Å². The number of aromatic nitrogens is 5. The molecular formula is C22H22N8O2. The van der Waals surface area contributed by atoms with Crippen molar-refractivity contribution in [3.05, 3.63) is 58.0 Å². The van der Waals surface area contributed by atoms with Crippen LogP contribution in [-0.2, 0) is 5.41 Å². The number of aromatic amines is 2. The predicted molar refractivity (Wildman–Crippen MR) is 119 cm³/mol. The van der Waals surface area contributed by atoms with Crippen molar-refractivity contribution in [1.82, 2.24) is 24.8 Å². The molecule has 2 N–H and O–H groups in total. The second-order valence-electron chi connectivity index (χ2n) is 8.09. The summed E-state index contributed by atoms with van der Waals surface area (Å²) in [4.78, 5) is 15.6. The molecule has 0 radical (unpaired) electrons. The summed E-state index contributed by atoms with van der Waals surface area (Å²) in [5, 5.41) is 29.3. The average Bonchev–Trinajstić information content (AvgIpc) is 3.37. The van der Waals surface area contributed by atoms with Crippen molar-refractivity contribution < 1.29 is 4.74 Å². The fraction of sp³-hybridized carbons (Fsp3) is 0.273. The lowest BCUT2D eigenvalue weighted by Crippen LogP contribution is -2.13. The van der Waals surface area contributed by atoms with E-state index in [4.69, 9.17) is 4.74 Å². The topological polar surface area (TPSA) is 137 Å². The van der Waals surface area contributed by atoms with Crippen LogP contribution in [0.5, 0.6) is 5.88 Å². The van der Waals surface area contributed by atoms with Crippen LogP contribution in [0, 0.1) is 11.3 Å². The highest BCUT2D eigenvalue weighted by Crippen LogP contribution is 2.31. The number of hydrogen-bond acceptors (Lipinski definition) is 7. The molecule has 162 valence electrons. The molecule has 1 aromatic carbocycles. The van der Waals surface area contributed by atoms with Crippen LogP contribution in [-0.4, -0.2) is 31.4 Å². The SMILES string of the molecule is CCOc1c(N=Nc2n[nH]c(C(C)(C)C)c2C#N)c(=O)[nH]c2cc(-c3ccccc3)nn12. The Bertz CT molecular complexity index is 1400. The van der Waals surface area contributed by atoms with Gasteiger partial charge in [0.2, 0.25) is 11.5 Å². The number of azo groups is 1. The molecule has 3 heterocycles. The first-order valence-corrected chi connectivity index (χ1v) is 10.1. The van der Waals surface area contributed by atoms with Gasteiger partial charge in [0.1, 0.15) is 17.3 Å². The van der Waals surface area contributed by atoms with Gasteiger partial charge in [0.25, 0.3) is 11.4 Å². The van der Waals surface area contributed by atoms with Gasteiger partial charge < -0.3 is 9.72 Å². The van der Waals surface area contributed by atoms with Crippen molar-refractivity contribution >= 4 is 17.2 Å². The summed E-state index contributed by atoms with van der Waals surface area (Å²) in [5.41, 5.74) is 2.06. The first-order chi connectivity index (χ1) is 15.3. The molecule has 32 heavy (non-hydrogen) atoms. The molecule has 0 spiro atoms. The van der Waals surface area contributed by atoms with Crippen molar-refractivity contribution in [1.29, 1.82) is 5.26 Å². The van der Waals surface area contributed by atoms with Crippen LogP contribution in [0.2, 0.25) is 0 Å². The van der Waals surface area contributed by atoms with Gasteiger partial charge in [0.05, 0.1) is 18.0 Å². The molecular weight excluding hydrogens is 408 g/mol. The Balaban J connectivity index is 1.84. The van der Waals surface area contributed by atoms with E-state index < -0.39 is 5.56 Å². The smallest absolute Gasteiger partial charge is 0.283 e. The monoisotopic (exact) mass is 430 g/mol. The molecule has 0 fully saturated rings. The van der Waals surface area contributed by atoms with Crippen molar-refractivity contribution in [2.75, 3.05) is 6.61 Å². The van der Waals surface area contributed by atoms with E-state index in [9.17, 15) is 10.1 Å². The molecule has 0 bridgehead atoms. The second kappa shape index (κ2) is 8.11. The molecule has 10 heteroatoms. The van der Waals surface area contributed by atoms with Crippen molar-refractivity contribution in [3.63, 3.8) is 0 Å². The first kappa shape index (κ1) is 21.0. The minimum Gasteiger partial charge on any atom is -0.476 e. The zero-order valence-electron chi connectivity index (χ0n) is 18.2. The number of hydrogen-bond donors (Lipinski definition) is 2. The fourth-order valence-corrected chi connectivity index (χ4v) is 3.25. The minimum absolute atomic E-state index is 0.0636. The number of nitriles is 1. The van der Waals surface area contributed by atoms with Gasteiger partial charge in [-0.3, -0.25) is 9.89 Å². The lowest BCUT2D eigenvalue weighted by atomic mass is 9.90. The Morgan fingerprint density at radius 2 is 1.97 bits per heavy atom. The van der Waals surface area contributed by atoms with Gasteiger partial charge in [-0.25, -0.2) is 0 Å². The molecule has 0 saturated carbocycles. The zero-order chi connectivity index (χ0) is 22.9. The van der Waals surface area contributed by atoms with E-state index in [-0.39, 0.29) is 28.4 Å². The summed E-state index contributed by atoms with van der Waals surface area (Å²) in [6, 6.07) is 13.5. The molecule has 0 aliphatic rings. The average molecular weight is 430 g/mol. The largest absolute Gasteiger partial charge is 0.476 e. The number of H-pyrrole nitrogens is 2. The van der Waals surface area contributed by atoms with Crippen molar-refractivity contribution in [2.45, 2.75) is 33.1 Å². The molecule has 0 unspecified atom stereocenters. The van der Waals surface area contributed by atoms with E-state index in [1.54, 1.807) is 13.0 Å². The van der Waals surface area contributed by atoms with E-state index in [1.807, 2.05) is 51.1 Å². The molecule has 0 aliphatic carbocycles. The maximum absolute atomic E-state index is 12.8. The molecule has 3 aromatic heterocycles. The van der Waals surface area contributed by atoms with Crippen LogP contribution in [0.4, 0.5) is 11.5 Å². The predicted octanol–water partition coefficient (Wildman–Crippen LogP) is 4.40. The van der Waals surface area contributed by atoms with Crippen LogP contribution in [0.1, 0.15) is 39.0 Å². The van der Waals surface area contributed by atoms with Crippen LogP contribution in [0.25, 0.3) is 16.9 Å². The molecule has 4 rings (SSSR count). The highest BCUT2D eigenvalue weighted by Gasteiger charge is 2.24. The van der Waals surface area contributed by atoms with Crippen LogP contribution < -0.4 is 10.3 Å². The third-order valence-electron chi connectivity index (χ3n) is 4.77. The Morgan fingerprint density at radius 1 is 1.22 bits per heavy atom. The molecule has 4 aromatic rings. The lowest BCUT2D eigenvalue weighted by Gasteiger charge is -2.15. The maximum atomic E-state index is 12.8. The van der Waals surface area contributed by atoms with Gasteiger partial charge in [-0.05, 0) is 6.92 Å². The Morgan fingerprint density at radius 3 is 2.62 bits per heavy atom. The zero-order valence-corrected chi connectivity index (χ0v) is 18.2. The quantitative estimate of drug-likeness (QED) is 0.452. The normalized spacial score (nSPS) is 11.8. The summed E-state index contributed by atoms with van der Waals surface area (Å²) >= 11 is 0. The number of nitrogens with one attached hydrogen (secondary N) is 2. The summed E-state index contributed by atoms with van der Waals surface area (Å²) in [6.45, 7) is 7.96. The number of benzene rings is 1. The van der Waals surface area contributed by atoms with Gasteiger partial charge in [0.15, 0.2) is 0 Å². The standard InChI is InChI=1S/C22H22N8O2/c1-5-32-21-17(25-27-19-14(12-23)18(26-28-19)22(2,3)4)20(31)24-16-11-15(29-30(16)21)13-9-7-6-8-10-13/h6-11H,5H2,1-4H3,(H,24,31)(H,26,28). The van der Waals surface area contributed by atoms with Crippen molar-refractivity contribution in [2.24, 2.45) is 10.2 Å². The number of fused-ring (bicyclic) bond motifs is 1. The third-order valence-corrected chi connectivity index (χ3v) is 4.77. The third kappa shape index (κ3) is 3.76. The summed E-state index contributed by atoms with van der Waals surface area (Å²) in [6.07, 6.45) is 0. The molecule has 0 aliphatic heterocycles. The molecule has 0 atom stereocenters. The summed E-state index contributed by atoms with van der Waals surface area (Å²) in [7, 11) is 0. The van der Waals surface area contributed by atoms with E-state index in [2.05, 4.69) is 36.6 Å². The van der Waals surface area contributed by atoms with Gasteiger partial charge >= 0.3 is 0 Å². The highest BCUT2D eigenvalue weighted by molar-refractivity contribution is 5.66. The van der Waals surface area contributed by atoms with Gasteiger partial charge in [-0.2, -0.15) is 20.0 Å². The van der Waals surface area contributed by atoms with E-state index >= 15 is 0 Å². The van der Waals surface area contributed by atoms with E-state index in [0.717, 1.165) is 5.56 Å². The van der Waals surface area contributed by atoms with Gasteiger partial charge in [0, 0.05) is 17.0 Å². The Labute approximate surface area is 183 Å². The maximum Gasteiger partial charge on any atom is 0.283 e. The molecule has 0 amide bonds. The fourth-order valence-electron chi connectivity index (χ4n) is 3.25. The van der Waals surface area contributed by atoms with Crippen LogP contribution >= 0.6 is 0 Å². The summed E-state index contributed by atoms with van der Waals surface area (Å²) < 4.78 is 7.20. The van der Waals surface area contributed by atoms with Crippen LogP contribution in [0.3, 0.4) is 0 Å². The number of ether oxygens (including phenoxy) is 1. The van der Waals surface area contributed by atoms with E-state index in [0.29, 0.717) is 23.6 Å². The number of rotatable bonds is 5. The Hall–Kier alpha value is -4.26.